The van der Waals surface area contributed by atoms with E-state index in [1.54, 1.807) is 6.92 Å². The Balaban J connectivity index is 1.54. The van der Waals surface area contributed by atoms with Gasteiger partial charge in [-0.25, -0.2) is 4.99 Å². The van der Waals surface area contributed by atoms with Gasteiger partial charge in [-0.1, -0.05) is 35.5 Å². The van der Waals surface area contributed by atoms with Crippen LogP contribution in [0.1, 0.15) is 24.2 Å². The third-order valence-electron chi connectivity index (χ3n) is 4.20. The van der Waals surface area contributed by atoms with Crippen LogP contribution in [0.3, 0.4) is 0 Å². The fourth-order valence-electron chi connectivity index (χ4n) is 2.94. The molecular formula is C18H26N6O. The van der Waals surface area contributed by atoms with Crippen LogP contribution in [0, 0.1) is 6.92 Å². The Labute approximate surface area is 148 Å². The first-order valence-electron chi connectivity index (χ1n) is 8.83. The molecule has 0 unspecified atom stereocenters. The lowest BCUT2D eigenvalue weighted by Gasteiger charge is -2.36. The van der Waals surface area contributed by atoms with E-state index in [4.69, 9.17) is 4.52 Å². The highest BCUT2D eigenvalue weighted by Crippen LogP contribution is 2.09. The molecule has 0 aliphatic carbocycles. The number of aromatic nitrogens is 2. The summed E-state index contributed by atoms with van der Waals surface area (Å²) >= 11 is 0. The van der Waals surface area contributed by atoms with Crippen LogP contribution in [0.5, 0.6) is 0 Å². The van der Waals surface area contributed by atoms with Crippen molar-refractivity contribution >= 4 is 5.96 Å². The molecule has 0 amide bonds. The minimum Gasteiger partial charge on any atom is -0.357 e. The quantitative estimate of drug-likeness (QED) is 0.658. The molecule has 0 radical (unpaired) electrons. The second-order valence-electron chi connectivity index (χ2n) is 6.15. The second-order valence-corrected chi connectivity index (χ2v) is 6.15. The summed E-state index contributed by atoms with van der Waals surface area (Å²) in [5.74, 6) is 2.12. The minimum atomic E-state index is 0.434. The molecule has 0 saturated carbocycles. The van der Waals surface area contributed by atoms with E-state index in [1.807, 2.05) is 0 Å². The Bertz CT molecular complexity index is 676. The van der Waals surface area contributed by atoms with E-state index in [2.05, 4.69) is 67.5 Å². The van der Waals surface area contributed by atoms with Crippen molar-refractivity contribution in [3.63, 3.8) is 0 Å². The van der Waals surface area contributed by atoms with Crippen LogP contribution in [0.25, 0.3) is 0 Å². The summed E-state index contributed by atoms with van der Waals surface area (Å²) in [4.78, 5) is 13.7. The monoisotopic (exact) mass is 342 g/mol. The van der Waals surface area contributed by atoms with Crippen LogP contribution in [0.2, 0.25) is 0 Å². The fourth-order valence-corrected chi connectivity index (χ4v) is 2.94. The van der Waals surface area contributed by atoms with Gasteiger partial charge in [0.25, 0.3) is 0 Å². The van der Waals surface area contributed by atoms with Gasteiger partial charge in [-0.05, 0) is 12.5 Å². The molecule has 2 heterocycles. The Morgan fingerprint density at radius 3 is 2.60 bits per heavy atom. The third kappa shape index (κ3) is 5.03. The van der Waals surface area contributed by atoms with E-state index < -0.39 is 0 Å². The van der Waals surface area contributed by atoms with Crippen LogP contribution in [-0.2, 0) is 13.1 Å². The summed E-state index contributed by atoms with van der Waals surface area (Å²) in [6, 6.07) is 10.6. The average Bonchev–Trinajstić information content (AvgIpc) is 3.06. The highest BCUT2D eigenvalue weighted by molar-refractivity contribution is 5.80. The predicted molar refractivity (Wildman–Crippen MR) is 97.1 cm³/mol. The van der Waals surface area contributed by atoms with E-state index in [-0.39, 0.29) is 0 Å². The molecule has 0 spiro atoms. The van der Waals surface area contributed by atoms with Crippen molar-refractivity contribution in [3.05, 3.63) is 47.6 Å². The van der Waals surface area contributed by atoms with Crippen LogP contribution in [-0.4, -0.2) is 58.6 Å². The minimum absolute atomic E-state index is 0.434. The van der Waals surface area contributed by atoms with Crippen LogP contribution in [0.4, 0.5) is 0 Å². The smallest absolute Gasteiger partial charge is 0.223 e. The maximum absolute atomic E-state index is 5.00. The highest BCUT2D eigenvalue weighted by atomic mass is 16.5. The van der Waals surface area contributed by atoms with Crippen LogP contribution < -0.4 is 5.32 Å². The van der Waals surface area contributed by atoms with Crippen molar-refractivity contribution in [2.24, 2.45) is 4.99 Å². The summed E-state index contributed by atoms with van der Waals surface area (Å²) in [6.45, 7) is 10.1. The molecule has 0 atom stereocenters. The summed E-state index contributed by atoms with van der Waals surface area (Å²) in [5.41, 5.74) is 1.36. The first-order valence-corrected chi connectivity index (χ1v) is 8.83. The maximum Gasteiger partial charge on any atom is 0.223 e. The number of nitrogens with one attached hydrogen (secondary N) is 1. The van der Waals surface area contributed by atoms with E-state index in [0.717, 1.165) is 45.2 Å². The number of rotatable bonds is 5. The molecule has 7 heteroatoms. The molecule has 0 bridgehead atoms. The zero-order chi connectivity index (χ0) is 17.5. The van der Waals surface area contributed by atoms with Crippen molar-refractivity contribution in [2.75, 3.05) is 32.7 Å². The van der Waals surface area contributed by atoms with Crippen molar-refractivity contribution in [1.29, 1.82) is 0 Å². The number of piperazine rings is 1. The van der Waals surface area contributed by atoms with Gasteiger partial charge in [0.2, 0.25) is 5.89 Å². The van der Waals surface area contributed by atoms with Gasteiger partial charge >= 0.3 is 0 Å². The van der Waals surface area contributed by atoms with Crippen molar-refractivity contribution < 1.29 is 4.52 Å². The van der Waals surface area contributed by atoms with Gasteiger partial charge in [-0.2, -0.15) is 4.98 Å². The summed E-state index contributed by atoms with van der Waals surface area (Å²) in [7, 11) is 0. The van der Waals surface area contributed by atoms with Gasteiger partial charge < -0.3 is 14.7 Å². The Hall–Kier alpha value is -2.41. The molecule has 1 N–H and O–H groups in total. The maximum atomic E-state index is 5.00. The zero-order valence-electron chi connectivity index (χ0n) is 15.0. The number of aryl methyl sites for hydroxylation is 1. The van der Waals surface area contributed by atoms with Gasteiger partial charge in [-0.15, -0.1) is 0 Å². The highest BCUT2D eigenvalue weighted by Gasteiger charge is 2.19. The lowest BCUT2D eigenvalue weighted by molar-refractivity contribution is 0.172. The molecule has 1 aliphatic rings. The molecule has 1 aromatic heterocycles. The van der Waals surface area contributed by atoms with Crippen LogP contribution in [0.15, 0.2) is 39.8 Å². The molecule has 1 aromatic carbocycles. The second kappa shape index (κ2) is 8.62. The zero-order valence-corrected chi connectivity index (χ0v) is 15.0. The average molecular weight is 342 g/mol. The number of aliphatic imine (C=N–C) groups is 1. The molecule has 134 valence electrons. The van der Waals surface area contributed by atoms with Gasteiger partial charge in [0.05, 0.1) is 0 Å². The molecular weight excluding hydrogens is 316 g/mol. The van der Waals surface area contributed by atoms with Crippen molar-refractivity contribution in [2.45, 2.75) is 26.9 Å². The largest absolute Gasteiger partial charge is 0.357 e. The molecule has 1 saturated heterocycles. The number of benzene rings is 1. The number of hydrogen-bond donors (Lipinski definition) is 1. The Morgan fingerprint density at radius 1 is 1.20 bits per heavy atom. The molecule has 25 heavy (non-hydrogen) atoms. The number of nitrogens with zero attached hydrogens (tertiary/aromatic N) is 5. The Morgan fingerprint density at radius 2 is 1.96 bits per heavy atom. The van der Waals surface area contributed by atoms with E-state index in [9.17, 15) is 0 Å². The lowest BCUT2D eigenvalue weighted by atomic mass is 10.2. The molecule has 7 nitrogen and oxygen atoms in total. The van der Waals surface area contributed by atoms with Gasteiger partial charge in [0, 0.05) is 46.2 Å². The topological polar surface area (TPSA) is 69.8 Å². The van der Waals surface area contributed by atoms with Gasteiger partial charge in [0.15, 0.2) is 11.8 Å². The Kier molecular flexibility index (Phi) is 6.00. The lowest BCUT2D eigenvalue weighted by Crippen LogP contribution is -2.52. The van der Waals surface area contributed by atoms with Crippen molar-refractivity contribution in [1.82, 2.24) is 25.3 Å². The number of guanidine groups is 1. The first-order chi connectivity index (χ1) is 12.2. The van der Waals surface area contributed by atoms with Crippen molar-refractivity contribution in [3.8, 4) is 0 Å². The first kappa shape index (κ1) is 17.4. The molecule has 3 rings (SSSR count). The van der Waals surface area contributed by atoms with E-state index in [1.165, 1.54) is 5.56 Å². The van der Waals surface area contributed by atoms with E-state index in [0.29, 0.717) is 18.3 Å². The molecule has 1 fully saturated rings. The van der Waals surface area contributed by atoms with E-state index >= 15 is 0 Å². The normalized spacial score (nSPS) is 16.2. The molecule has 1 aliphatic heterocycles. The van der Waals surface area contributed by atoms with Gasteiger partial charge in [-0.3, -0.25) is 4.90 Å². The van der Waals surface area contributed by atoms with Gasteiger partial charge in [0.1, 0.15) is 6.54 Å². The standard InChI is InChI=1S/C18H26N6O/c1-3-19-18(20-13-17-21-15(2)25-22-17)24-11-9-23(10-12-24)14-16-7-5-4-6-8-16/h4-8H,3,9-14H2,1-2H3,(H,19,20). The summed E-state index contributed by atoms with van der Waals surface area (Å²) < 4.78 is 5.00. The summed E-state index contributed by atoms with van der Waals surface area (Å²) in [5, 5.41) is 7.27. The predicted octanol–water partition coefficient (Wildman–Crippen LogP) is 1.66. The number of hydrogen-bond acceptors (Lipinski definition) is 5. The SMILES string of the molecule is CCNC(=NCc1noc(C)n1)N1CCN(Cc2ccccc2)CC1. The summed E-state index contributed by atoms with van der Waals surface area (Å²) in [6.07, 6.45) is 0. The molecule has 2 aromatic rings. The van der Waals surface area contributed by atoms with Crippen LogP contribution >= 0.6 is 0 Å². The third-order valence-corrected chi connectivity index (χ3v) is 4.20. The fraction of sp³-hybridized carbons (Fsp3) is 0.500.